The molecule has 3 nitrogen and oxygen atoms in total. The van der Waals surface area contributed by atoms with Crippen molar-refractivity contribution in [3.8, 4) is 5.75 Å². The van der Waals surface area contributed by atoms with Crippen LogP contribution < -0.4 is 15.4 Å². The van der Waals surface area contributed by atoms with Gasteiger partial charge in [0.2, 0.25) is 0 Å². The van der Waals surface area contributed by atoms with Crippen LogP contribution in [0, 0.1) is 0 Å². The van der Waals surface area contributed by atoms with E-state index in [9.17, 15) is 0 Å². The van der Waals surface area contributed by atoms with Gasteiger partial charge in [0.15, 0.2) is 0 Å². The molecule has 2 aliphatic rings. The van der Waals surface area contributed by atoms with E-state index in [2.05, 4.69) is 23.1 Å². The van der Waals surface area contributed by atoms with Crippen LogP contribution >= 0.6 is 0 Å². The quantitative estimate of drug-likeness (QED) is 0.886. The number of nitrogens with zero attached hydrogens (tertiary/aromatic N) is 1. The van der Waals surface area contributed by atoms with Gasteiger partial charge in [0.25, 0.3) is 0 Å². The summed E-state index contributed by atoms with van der Waals surface area (Å²) < 4.78 is 5.52. The third kappa shape index (κ3) is 1.87. The molecule has 98 valence electrons. The Balaban J connectivity index is 1.96. The van der Waals surface area contributed by atoms with Crippen LogP contribution in [-0.2, 0) is 5.41 Å². The first kappa shape index (κ1) is 11.8. The molecule has 2 N–H and O–H groups in total. The fourth-order valence-electron chi connectivity index (χ4n) is 3.02. The summed E-state index contributed by atoms with van der Waals surface area (Å²) in [6, 6.07) is 6.60. The molecule has 0 atom stereocenters. The molecule has 1 saturated heterocycles. The predicted octanol–water partition coefficient (Wildman–Crippen LogP) is 2.29. The topological polar surface area (TPSA) is 38.5 Å². The van der Waals surface area contributed by atoms with Gasteiger partial charge in [-0.15, -0.1) is 0 Å². The van der Waals surface area contributed by atoms with Gasteiger partial charge in [-0.05, 0) is 43.9 Å². The van der Waals surface area contributed by atoms with E-state index in [1.807, 2.05) is 0 Å². The zero-order valence-electron chi connectivity index (χ0n) is 11.1. The van der Waals surface area contributed by atoms with Crippen LogP contribution in [0.1, 0.15) is 31.2 Å². The minimum Gasteiger partial charge on any atom is -0.496 e. The molecule has 3 heteroatoms. The highest BCUT2D eigenvalue weighted by atomic mass is 16.5. The van der Waals surface area contributed by atoms with Crippen molar-refractivity contribution in [2.24, 2.45) is 5.73 Å². The Bertz CT molecular complexity index is 434. The molecule has 1 aliphatic heterocycles. The molecule has 1 aromatic carbocycles. The van der Waals surface area contributed by atoms with E-state index < -0.39 is 0 Å². The van der Waals surface area contributed by atoms with Gasteiger partial charge < -0.3 is 15.4 Å². The Morgan fingerprint density at radius 2 is 2.00 bits per heavy atom. The van der Waals surface area contributed by atoms with Crippen LogP contribution in [0.25, 0.3) is 0 Å². The Labute approximate surface area is 109 Å². The second kappa shape index (κ2) is 4.47. The van der Waals surface area contributed by atoms with Crippen molar-refractivity contribution in [2.45, 2.75) is 31.1 Å². The molecule has 1 aromatic rings. The normalized spacial score (nSPS) is 21.1. The SMILES string of the molecule is COc1ccc(N2CCCC2)cc1C1(CN)CC1. The highest BCUT2D eigenvalue weighted by Gasteiger charge is 2.45. The molecule has 0 bridgehead atoms. The average Bonchev–Trinajstić information content (AvgIpc) is 3.03. The van der Waals surface area contributed by atoms with Gasteiger partial charge in [0.05, 0.1) is 7.11 Å². The molecule has 2 fully saturated rings. The van der Waals surface area contributed by atoms with Crippen molar-refractivity contribution in [1.29, 1.82) is 0 Å². The largest absolute Gasteiger partial charge is 0.496 e. The molecule has 3 rings (SSSR count). The van der Waals surface area contributed by atoms with Gasteiger partial charge in [-0.25, -0.2) is 0 Å². The summed E-state index contributed by atoms with van der Waals surface area (Å²) in [5.41, 5.74) is 8.81. The van der Waals surface area contributed by atoms with E-state index in [4.69, 9.17) is 10.5 Å². The number of ether oxygens (including phenoxy) is 1. The molecule has 1 saturated carbocycles. The molecule has 0 amide bonds. The van der Waals surface area contributed by atoms with E-state index in [-0.39, 0.29) is 5.41 Å². The minimum absolute atomic E-state index is 0.196. The molecule has 0 spiro atoms. The maximum Gasteiger partial charge on any atom is 0.122 e. The molecule has 0 unspecified atom stereocenters. The molecule has 1 heterocycles. The Morgan fingerprint density at radius 1 is 1.28 bits per heavy atom. The van der Waals surface area contributed by atoms with E-state index in [0.29, 0.717) is 0 Å². The van der Waals surface area contributed by atoms with Crippen LogP contribution in [0.4, 0.5) is 5.69 Å². The lowest BCUT2D eigenvalue weighted by Gasteiger charge is -2.23. The number of anilines is 1. The van der Waals surface area contributed by atoms with Crippen molar-refractivity contribution in [3.05, 3.63) is 23.8 Å². The summed E-state index contributed by atoms with van der Waals surface area (Å²) in [6.45, 7) is 3.09. The first-order valence-corrected chi connectivity index (χ1v) is 6.93. The number of hydrogen-bond acceptors (Lipinski definition) is 3. The van der Waals surface area contributed by atoms with E-state index >= 15 is 0 Å². The van der Waals surface area contributed by atoms with E-state index in [1.54, 1.807) is 7.11 Å². The lowest BCUT2D eigenvalue weighted by atomic mass is 9.94. The molecule has 0 radical (unpaired) electrons. The maximum absolute atomic E-state index is 5.96. The van der Waals surface area contributed by atoms with Crippen LogP contribution in [0.5, 0.6) is 5.75 Å². The third-order valence-electron chi connectivity index (χ3n) is 4.47. The van der Waals surface area contributed by atoms with Crippen molar-refractivity contribution in [2.75, 3.05) is 31.6 Å². The number of methoxy groups -OCH3 is 1. The Morgan fingerprint density at radius 3 is 2.56 bits per heavy atom. The molecule has 1 aliphatic carbocycles. The summed E-state index contributed by atoms with van der Waals surface area (Å²) in [4.78, 5) is 2.47. The second-order valence-electron chi connectivity index (χ2n) is 5.56. The van der Waals surface area contributed by atoms with Crippen molar-refractivity contribution < 1.29 is 4.74 Å². The summed E-state index contributed by atoms with van der Waals surface area (Å²) in [5.74, 6) is 1.00. The maximum atomic E-state index is 5.96. The summed E-state index contributed by atoms with van der Waals surface area (Å²) in [7, 11) is 1.75. The first-order valence-electron chi connectivity index (χ1n) is 6.93. The lowest BCUT2D eigenvalue weighted by Crippen LogP contribution is -2.22. The Hall–Kier alpha value is -1.22. The smallest absolute Gasteiger partial charge is 0.122 e. The van der Waals surface area contributed by atoms with Crippen LogP contribution in [0.2, 0.25) is 0 Å². The van der Waals surface area contributed by atoms with Gasteiger partial charge in [-0.1, -0.05) is 0 Å². The average molecular weight is 246 g/mol. The molecular formula is C15H22N2O. The second-order valence-corrected chi connectivity index (χ2v) is 5.56. The summed E-state index contributed by atoms with van der Waals surface area (Å²) >= 11 is 0. The van der Waals surface area contributed by atoms with Gasteiger partial charge in [-0.3, -0.25) is 0 Å². The van der Waals surface area contributed by atoms with Crippen molar-refractivity contribution in [1.82, 2.24) is 0 Å². The van der Waals surface area contributed by atoms with E-state index in [0.717, 1.165) is 12.3 Å². The molecule has 0 aromatic heterocycles. The predicted molar refractivity (Wildman–Crippen MR) is 74.4 cm³/mol. The number of benzene rings is 1. The monoisotopic (exact) mass is 246 g/mol. The van der Waals surface area contributed by atoms with Crippen LogP contribution in [0.3, 0.4) is 0 Å². The summed E-state index contributed by atoms with van der Waals surface area (Å²) in [5, 5.41) is 0. The third-order valence-corrected chi connectivity index (χ3v) is 4.47. The van der Waals surface area contributed by atoms with E-state index in [1.165, 1.54) is 50.0 Å². The number of nitrogens with two attached hydrogens (primary N) is 1. The zero-order chi connectivity index (χ0) is 12.6. The number of hydrogen-bond donors (Lipinski definition) is 1. The highest BCUT2D eigenvalue weighted by Crippen LogP contribution is 2.51. The van der Waals surface area contributed by atoms with Gasteiger partial charge in [-0.2, -0.15) is 0 Å². The lowest BCUT2D eigenvalue weighted by molar-refractivity contribution is 0.404. The summed E-state index contributed by atoms with van der Waals surface area (Å²) in [6.07, 6.45) is 5.01. The van der Waals surface area contributed by atoms with Gasteiger partial charge in [0.1, 0.15) is 5.75 Å². The molecule has 18 heavy (non-hydrogen) atoms. The van der Waals surface area contributed by atoms with Crippen LogP contribution in [-0.4, -0.2) is 26.7 Å². The standard InChI is InChI=1S/C15H22N2O/c1-18-14-5-4-12(17-8-2-3-9-17)10-13(14)15(11-16)6-7-15/h4-5,10H,2-3,6-9,11,16H2,1H3. The molecular weight excluding hydrogens is 224 g/mol. The minimum atomic E-state index is 0.196. The zero-order valence-corrected chi connectivity index (χ0v) is 11.1. The van der Waals surface area contributed by atoms with Gasteiger partial charge in [0, 0.05) is 36.3 Å². The van der Waals surface area contributed by atoms with Crippen molar-refractivity contribution in [3.63, 3.8) is 0 Å². The first-order chi connectivity index (χ1) is 8.79. The van der Waals surface area contributed by atoms with Crippen molar-refractivity contribution >= 4 is 5.69 Å². The highest BCUT2D eigenvalue weighted by molar-refractivity contribution is 5.57. The fraction of sp³-hybridized carbons (Fsp3) is 0.600. The number of rotatable bonds is 4. The Kier molecular flexibility index (Phi) is 2.94. The fourth-order valence-corrected chi connectivity index (χ4v) is 3.02. The van der Waals surface area contributed by atoms with Gasteiger partial charge >= 0.3 is 0 Å². The van der Waals surface area contributed by atoms with Crippen LogP contribution in [0.15, 0.2) is 18.2 Å².